The maximum atomic E-state index is 8.39. The Morgan fingerprint density at radius 1 is 1.86 bits per heavy atom. The number of nitrogens with one attached hydrogen (secondary N) is 1. The first-order chi connectivity index (χ1) is 6.76. The summed E-state index contributed by atoms with van der Waals surface area (Å²) in [6, 6.07) is 1.90. The lowest BCUT2D eigenvalue weighted by Gasteiger charge is -1.97. The van der Waals surface area contributed by atoms with E-state index in [9.17, 15) is 0 Å². The van der Waals surface area contributed by atoms with Crippen molar-refractivity contribution in [2.75, 3.05) is 6.26 Å². The molecular formula is C8H11N5S. The van der Waals surface area contributed by atoms with Gasteiger partial charge >= 0.3 is 0 Å². The Labute approximate surface area is 86.8 Å². The highest BCUT2D eigenvalue weighted by atomic mass is 32.2. The fourth-order valence-electron chi connectivity index (χ4n) is 0.903. The molecule has 0 amide bonds. The molecule has 0 unspecified atom stereocenters. The second kappa shape index (κ2) is 5.29. The lowest BCUT2D eigenvalue weighted by molar-refractivity contribution is 0.743. The van der Waals surface area contributed by atoms with Crippen LogP contribution in [0.3, 0.4) is 0 Å². The van der Waals surface area contributed by atoms with Crippen LogP contribution in [0.25, 0.3) is 0 Å². The Hall–Kier alpha value is -1.48. The van der Waals surface area contributed by atoms with Crippen LogP contribution in [-0.2, 0) is 13.6 Å². The fraction of sp³-hybridized carbons (Fsp3) is 0.375. The summed E-state index contributed by atoms with van der Waals surface area (Å²) in [5.74, 6) is 0. The van der Waals surface area contributed by atoms with E-state index in [-0.39, 0.29) is 0 Å². The van der Waals surface area contributed by atoms with E-state index >= 15 is 0 Å². The summed E-state index contributed by atoms with van der Waals surface area (Å²) in [7, 11) is 1.86. The van der Waals surface area contributed by atoms with Crippen molar-refractivity contribution in [3.05, 3.63) is 18.0 Å². The second-order valence-corrected chi connectivity index (χ2v) is 3.34. The van der Waals surface area contributed by atoms with Crippen LogP contribution >= 0.6 is 11.8 Å². The summed E-state index contributed by atoms with van der Waals surface area (Å²) in [4.78, 5) is 4.19. The standard InChI is InChI=1S/C8H11N5S/c1-13-4-3-7(12-13)5-10-8(14-2)11-6-9/h3-4H,5H2,1-2H3,(H,10,11). The van der Waals surface area contributed by atoms with Crippen LogP contribution in [-0.4, -0.2) is 21.2 Å². The fourth-order valence-corrected chi connectivity index (χ4v) is 1.24. The normalized spacial score (nSPS) is 11.1. The molecule has 1 N–H and O–H groups in total. The van der Waals surface area contributed by atoms with Gasteiger partial charge in [-0.25, -0.2) is 0 Å². The van der Waals surface area contributed by atoms with Crippen molar-refractivity contribution in [3.8, 4) is 6.19 Å². The van der Waals surface area contributed by atoms with Gasteiger partial charge < -0.3 is 0 Å². The third-order valence-corrected chi connectivity index (χ3v) is 2.13. The molecule has 74 valence electrons. The van der Waals surface area contributed by atoms with Crippen LogP contribution in [0.2, 0.25) is 0 Å². The third-order valence-electron chi connectivity index (χ3n) is 1.51. The predicted molar refractivity (Wildman–Crippen MR) is 56.6 cm³/mol. The van der Waals surface area contributed by atoms with Crippen molar-refractivity contribution in [2.45, 2.75) is 6.54 Å². The van der Waals surface area contributed by atoms with Gasteiger partial charge in [0.15, 0.2) is 11.4 Å². The lowest BCUT2D eigenvalue weighted by atomic mass is 10.4. The van der Waals surface area contributed by atoms with Crippen molar-refractivity contribution < 1.29 is 0 Å². The molecule has 0 aromatic carbocycles. The van der Waals surface area contributed by atoms with Gasteiger partial charge in [-0.05, 0) is 12.3 Å². The van der Waals surface area contributed by atoms with E-state index in [2.05, 4.69) is 15.4 Å². The lowest BCUT2D eigenvalue weighted by Crippen LogP contribution is -2.13. The van der Waals surface area contributed by atoms with E-state index in [1.54, 1.807) is 4.68 Å². The molecule has 0 saturated heterocycles. The molecule has 5 nitrogen and oxygen atoms in total. The van der Waals surface area contributed by atoms with Gasteiger partial charge in [0.25, 0.3) is 0 Å². The monoisotopic (exact) mass is 209 g/mol. The average Bonchev–Trinajstić information content (AvgIpc) is 2.59. The van der Waals surface area contributed by atoms with Crippen molar-refractivity contribution in [1.82, 2.24) is 15.1 Å². The van der Waals surface area contributed by atoms with Crippen molar-refractivity contribution in [2.24, 2.45) is 12.0 Å². The number of nitriles is 1. The van der Waals surface area contributed by atoms with Gasteiger partial charge in [0, 0.05) is 13.2 Å². The van der Waals surface area contributed by atoms with E-state index < -0.39 is 0 Å². The minimum Gasteiger partial charge on any atom is -0.275 e. The molecule has 0 saturated carbocycles. The highest BCUT2D eigenvalue weighted by molar-refractivity contribution is 8.13. The van der Waals surface area contributed by atoms with Crippen LogP contribution in [0, 0.1) is 11.5 Å². The summed E-state index contributed by atoms with van der Waals surface area (Å²) in [6.45, 7) is 0.492. The molecule has 0 atom stereocenters. The molecule has 0 bridgehead atoms. The zero-order chi connectivity index (χ0) is 10.4. The van der Waals surface area contributed by atoms with Crippen LogP contribution in [0.5, 0.6) is 0 Å². The molecule has 0 aliphatic rings. The van der Waals surface area contributed by atoms with E-state index in [0.717, 1.165) is 5.69 Å². The maximum absolute atomic E-state index is 8.39. The zero-order valence-electron chi connectivity index (χ0n) is 8.06. The van der Waals surface area contributed by atoms with Gasteiger partial charge in [0.1, 0.15) is 0 Å². The van der Waals surface area contributed by atoms with Crippen LogP contribution in [0.15, 0.2) is 17.3 Å². The number of aromatic nitrogens is 2. The predicted octanol–water partition coefficient (Wildman–Crippen LogP) is 0.710. The summed E-state index contributed by atoms with van der Waals surface area (Å²) in [6.07, 6.45) is 5.56. The minimum absolute atomic E-state index is 0.492. The van der Waals surface area contributed by atoms with Crippen molar-refractivity contribution in [3.63, 3.8) is 0 Å². The first-order valence-corrected chi connectivity index (χ1v) is 5.21. The number of amidine groups is 1. The maximum Gasteiger partial charge on any atom is 0.183 e. The Kier molecular flexibility index (Phi) is 4.01. The number of hydrogen-bond donors (Lipinski definition) is 1. The Morgan fingerprint density at radius 3 is 3.14 bits per heavy atom. The van der Waals surface area contributed by atoms with Gasteiger partial charge in [-0.1, -0.05) is 11.8 Å². The molecule has 6 heteroatoms. The molecule has 0 aliphatic heterocycles. The summed E-state index contributed by atoms with van der Waals surface area (Å²) < 4.78 is 1.72. The number of hydrogen-bond acceptors (Lipinski definition) is 4. The third kappa shape index (κ3) is 3.11. The number of aryl methyl sites for hydroxylation is 1. The summed E-state index contributed by atoms with van der Waals surface area (Å²) in [5.41, 5.74) is 0.888. The van der Waals surface area contributed by atoms with E-state index in [1.807, 2.05) is 31.8 Å². The second-order valence-electron chi connectivity index (χ2n) is 2.54. The SMILES string of the molecule is CSC(=NCc1ccn(C)n1)NC#N. The highest BCUT2D eigenvalue weighted by Gasteiger charge is 1.97. The topological polar surface area (TPSA) is 66.0 Å². The molecule has 1 aromatic heterocycles. The minimum atomic E-state index is 0.492. The van der Waals surface area contributed by atoms with E-state index in [4.69, 9.17) is 5.26 Å². The molecule has 0 radical (unpaired) electrons. The molecule has 0 spiro atoms. The van der Waals surface area contributed by atoms with Crippen LogP contribution in [0.1, 0.15) is 5.69 Å². The van der Waals surface area contributed by atoms with Crippen LogP contribution < -0.4 is 5.32 Å². The highest BCUT2D eigenvalue weighted by Crippen LogP contribution is 2.00. The van der Waals surface area contributed by atoms with E-state index in [0.29, 0.717) is 11.7 Å². The Bertz CT molecular complexity index is 362. The first-order valence-electron chi connectivity index (χ1n) is 3.98. The number of nitrogens with zero attached hydrogens (tertiary/aromatic N) is 4. The molecule has 0 fully saturated rings. The number of thioether (sulfide) groups is 1. The van der Waals surface area contributed by atoms with Gasteiger partial charge in [-0.15, -0.1) is 0 Å². The van der Waals surface area contributed by atoms with Crippen LogP contribution in [0.4, 0.5) is 0 Å². The molecule has 1 heterocycles. The number of aliphatic imine (C=N–C) groups is 1. The van der Waals surface area contributed by atoms with Gasteiger partial charge in [0.05, 0.1) is 12.2 Å². The van der Waals surface area contributed by atoms with E-state index in [1.165, 1.54) is 11.8 Å². The quantitative estimate of drug-likeness (QED) is 0.337. The molecule has 14 heavy (non-hydrogen) atoms. The molecule has 1 rings (SSSR count). The number of rotatable bonds is 2. The smallest absolute Gasteiger partial charge is 0.183 e. The molecule has 0 aliphatic carbocycles. The van der Waals surface area contributed by atoms with Crippen molar-refractivity contribution in [1.29, 1.82) is 5.26 Å². The Balaban J connectivity index is 2.57. The summed E-state index contributed by atoms with van der Waals surface area (Å²) in [5, 5.41) is 15.7. The Morgan fingerprint density at radius 2 is 2.64 bits per heavy atom. The van der Waals surface area contributed by atoms with Crippen molar-refractivity contribution >= 4 is 16.9 Å². The average molecular weight is 209 g/mol. The largest absolute Gasteiger partial charge is 0.275 e. The molecule has 1 aromatic rings. The summed E-state index contributed by atoms with van der Waals surface area (Å²) >= 11 is 1.40. The van der Waals surface area contributed by atoms with Gasteiger partial charge in [-0.2, -0.15) is 10.4 Å². The van der Waals surface area contributed by atoms with Gasteiger partial charge in [-0.3, -0.25) is 15.0 Å². The first kappa shape index (κ1) is 10.6. The zero-order valence-corrected chi connectivity index (χ0v) is 8.88. The molecular weight excluding hydrogens is 198 g/mol. The van der Waals surface area contributed by atoms with Gasteiger partial charge in [0.2, 0.25) is 0 Å².